The normalized spacial score (nSPS) is 15.1. The quantitative estimate of drug-likeness (QED) is 0.0707. The molecular formula is C44H33F3N4O4S. The Hall–Kier alpha value is -6.99. The van der Waals surface area contributed by atoms with Crippen molar-refractivity contribution in [3.8, 4) is 36.3 Å². The second-order valence-corrected chi connectivity index (χ2v) is 13.4. The molecule has 0 fully saturated rings. The number of hydrogen-bond acceptors (Lipinski definition) is 9. The van der Waals surface area contributed by atoms with Gasteiger partial charge >= 0.3 is 12.1 Å². The minimum Gasteiger partial charge on any atom is -0.488 e. The number of likely N-dealkylation sites (N-methyl/N-ethyl adjacent to an activating group) is 1. The van der Waals surface area contributed by atoms with Gasteiger partial charge in [0.2, 0.25) is 0 Å². The second-order valence-electron chi connectivity index (χ2n) is 12.2. The first kappa shape index (κ1) is 40.2. The molecule has 0 spiro atoms. The van der Waals surface area contributed by atoms with Crippen LogP contribution in [0.1, 0.15) is 39.3 Å². The lowest BCUT2D eigenvalue weighted by molar-refractivity contribution is -0.249. The van der Waals surface area contributed by atoms with Crippen LogP contribution in [0.3, 0.4) is 0 Å². The second kappa shape index (κ2) is 18.4. The van der Waals surface area contributed by atoms with E-state index in [9.17, 15) is 20.6 Å². The Morgan fingerprint density at radius 1 is 0.929 bits per heavy atom. The number of carbonyl (C=O) groups is 1. The molecule has 0 amide bonds. The summed E-state index contributed by atoms with van der Waals surface area (Å²) in [5, 5.41) is 29.1. The molecule has 0 aliphatic carbocycles. The zero-order valence-electron chi connectivity index (χ0n) is 30.0. The Morgan fingerprint density at radius 2 is 1.59 bits per heavy atom. The number of hydrogen-bond donors (Lipinski definition) is 0. The molecule has 1 aromatic heterocycles. The van der Waals surface area contributed by atoms with Gasteiger partial charge in [0.25, 0.3) is 5.60 Å². The van der Waals surface area contributed by atoms with Crippen LogP contribution >= 0.6 is 11.3 Å². The van der Waals surface area contributed by atoms with E-state index in [0.717, 1.165) is 27.8 Å². The van der Waals surface area contributed by atoms with Gasteiger partial charge in [0.1, 0.15) is 42.7 Å². The van der Waals surface area contributed by atoms with Crippen LogP contribution in [0.2, 0.25) is 0 Å². The summed E-state index contributed by atoms with van der Waals surface area (Å²) in [4.78, 5) is 15.1. The summed E-state index contributed by atoms with van der Waals surface area (Å²) in [5.74, 6) is 1.93. The number of alkyl halides is 3. The van der Waals surface area contributed by atoms with Gasteiger partial charge in [-0.15, -0.1) is 23.7 Å². The summed E-state index contributed by atoms with van der Waals surface area (Å²) >= 11 is 1.28. The fourth-order valence-electron chi connectivity index (χ4n) is 5.75. The molecule has 1 atom stereocenters. The molecule has 3 aromatic carbocycles. The van der Waals surface area contributed by atoms with Gasteiger partial charge < -0.3 is 19.1 Å². The SMILES string of the molecule is C#CCCC(=O)OCCN(C)c1ccc(/C=C/c2ccc(/C=C/C3=C(C#N)C(=C(C#N)C#N)OC3(c3ccccc3)C(F)(F)F)s2)c(OCc2ccccc2)c1. The van der Waals surface area contributed by atoms with E-state index >= 15 is 13.2 Å². The van der Waals surface area contributed by atoms with E-state index in [2.05, 4.69) is 5.92 Å². The van der Waals surface area contributed by atoms with Gasteiger partial charge in [-0.05, 0) is 48.1 Å². The summed E-state index contributed by atoms with van der Waals surface area (Å²) in [5.41, 5.74) is -2.76. The zero-order chi connectivity index (χ0) is 40.1. The Morgan fingerprint density at radius 3 is 2.21 bits per heavy atom. The van der Waals surface area contributed by atoms with Gasteiger partial charge in [0, 0.05) is 51.7 Å². The zero-order valence-corrected chi connectivity index (χ0v) is 30.9. The number of halogens is 3. The van der Waals surface area contributed by atoms with Crippen molar-refractivity contribution in [2.45, 2.75) is 31.2 Å². The fourth-order valence-corrected chi connectivity index (χ4v) is 6.57. The number of nitrogens with zero attached hydrogens (tertiary/aromatic N) is 4. The van der Waals surface area contributed by atoms with E-state index in [1.54, 1.807) is 30.3 Å². The van der Waals surface area contributed by atoms with Gasteiger partial charge in [0.15, 0.2) is 11.3 Å². The molecule has 0 saturated carbocycles. The molecule has 4 aromatic rings. The van der Waals surface area contributed by atoms with Gasteiger partial charge in [-0.2, -0.15) is 29.0 Å². The number of benzene rings is 3. The molecule has 1 aliphatic heterocycles. The van der Waals surface area contributed by atoms with E-state index in [1.165, 1.54) is 47.7 Å². The van der Waals surface area contributed by atoms with Crippen LogP contribution in [0.5, 0.6) is 5.75 Å². The summed E-state index contributed by atoms with van der Waals surface area (Å²) in [6, 6.07) is 30.5. The number of esters is 1. The molecule has 8 nitrogen and oxygen atoms in total. The average molecular weight is 771 g/mol. The molecule has 2 heterocycles. The number of rotatable bonds is 14. The monoisotopic (exact) mass is 770 g/mol. The van der Waals surface area contributed by atoms with E-state index in [-0.39, 0.29) is 24.6 Å². The maximum atomic E-state index is 15.1. The number of allylic oxidation sites excluding steroid dienone is 2. The molecule has 1 unspecified atom stereocenters. The molecule has 0 radical (unpaired) electrons. The lowest BCUT2D eigenvalue weighted by atomic mass is 9.84. The maximum absolute atomic E-state index is 15.1. The molecule has 0 saturated heterocycles. The first-order valence-electron chi connectivity index (χ1n) is 17.1. The van der Waals surface area contributed by atoms with Crippen LogP contribution in [0, 0.1) is 46.3 Å². The molecule has 280 valence electrons. The van der Waals surface area contributed by atoms with E-state index < -0.39 is 34.3 Å². The molecular weight excluding hydrogens is 738 g/mol. The largest absolute Gasteiger partial charge is 0.488 e. The Kier molecular flexibility index (Phi) is 13.2. The number of ether oxygens (including phenoxy) is 3. The summed E-state index contributed by atoms with van der Waals surface area (Å²) in [6.45, 7) is 0.925. The fraction of sp³-hybridized carbons (Fsp3) is 0.182. The van der Waals surface area contributed by atoms with Crippen molar-refractivity contribution in [3.05, 3.63) is 146 Å². The summed E-state index contributed by atoms with van der Waals surface area (Å²) in [6.07, 6.45) is 6.92. The standard InChI is InChI=1S/C44H33F3N4O4S/c1-3-4-15-41(52)53-25-24-51(2)35-18-16-32(40(26-35)54-30-31-11-7-5-8-12-31)17-19-36-20-21-37(56-36)22-23-39-38(29-50)42(33(27-48)28-49)55-43(39,44(45,46)47)34-13-9-6-10-14-34/h1,5-14,16-23,26H,4,15,24-25,30H2,2H3/b19-17+,23-22+. The Balaban J connectivity index is 1.43. The van der Waals surface area contributed by atoms with E-state index in [1.807, 2.05) is 72.6 Å². The van der Waals surface area contributed by atoms with Crippen LogP contribution in [0.25, 0.3) is 18.2 Å². The van der Waals surface area contributed by atoms with Crippen molar-refractivity contribution in [2.75, 3.05) is 25.1 Å². The maximum Gasteiger partial charge on any atom is 0.437 e. The van der Waals surface area contributed by atoms with Crippen molar-refractivity contribution in [2.24, 2.45) is 0 Å². The van der Waals surface area contributed by atoms with E-state index in [0.29, 0.717) is 30.2 Å². The van der Waals surface area contributed by atoms with Crippen molar-refractivity contribution < 1.29 is 32.2 Å². The smallest absolute Gasteiger partial charge is 0.437 e. The van der Waals surface area contributed by atoms with Crippen LogP contribution in [-0.2, 0) is 26.5 Å². The summed E-state index contributed by atoms with van der Waals surface area (Å²) in [7, 11) is 1.87. The van der Waals surface area contributed by atoms with Crippen LogP contribution < -0.4 is 9.64 Å². The topological polar surface area (TPSA) is 119 Å². The third-order valence-corrected chi connectivity index (χ3v) is 9.62. The third kappa shape index (κ3) is 9.20. The lowest BCUT2D eigenvalue weighted by Crippen LogP contribution is -2.43. The molecule has 56 heavy (non-hydrogen) atoms. The van der Waals surface area contributed by atoms with E-state index in [4.69, 9.17) is 20.6 Å². The molecule has 0 N–H and O–H groups in total. The van der Waals surface area contributed by atoms with Crippen molar-refractivity contribution >= 4 is 41.2 Å². The number of thiophene rings is 1. The van der Waals surface area contributed by atoms with Gasteiger partial charge in [-0.25, -0.2) is 0 Å². The molecule has 5 rings (SSSR count). The minimum atomic E-state index is -5.09. The molecule has 1 aliphatic rings. The number of anilines is 1. The lowest BCUT2D eigenvalue weighted by Gasteiger charge is -2.33. The number of nitriles is 3. The summed E-state index contributed by atoms with van der Waals surface area (Å²) < 4.78 is 62.5. The Labute approximate surface area is 326 Å². The number of terminal acetylenes is 1. The number of carbonyl (C=O) groups excluding carboxylic acids is 1. The highest BCUT2D eigenvalue weighted by atomic mass is 32.1. The highest BCUT2D eigenvalue weighted by Gasteiger charge is 2.65. The predicted molar refractivity (Wildman–Crippen MR) is 208 cm³/mol. The minimum absolute atomic E-state index is 0.162. The first-order chi connectivity index (χ1) is 27.0. The van der Waals surface area contributed by atoms with Crippen molar-refractivity contribution in [1.82, 2.24) is 0 Å². The van der Waals surface area contributed by atoms with Gasteiger partial charge in [0.05, 0.1) is 13.0 Å². The first-order valence-corrected chi connectivity index (χ1v) is 17.9. The Bertz CT molecular complexity index is 2340. The average Bonchev–Trinajstić information content (AvgIpc) is 3.81. The third-order valence-electron chi connectivity index (χ3n) is 8.60. The van der Waals surface area contributed by atoms with Crippen LogP contribution in [-0.4, -0.2) is 32.3 Å². The molecule has 0 bridgehead atoms. The highest BCUT2D eigenvalue weighted by Crippen LogP contribution is 2.56. The van der Waals surface area contributed by atoms with Crippen LogP contribution in [0.4, 0.5) is 18.9 Å². The highest BCUT2D eigenvalue weighted by molar-refractivity contribution is 7.13. The predicted octanol–water partition coefficient (Wildman–Crippen LogP) is 9.51. The van der Waals surface area contributed by atoms with Crippen molar-refractivity contribution in [3.63, 3.8) is 0 Å². The van der Waals surface area contributed by atoms with Gasteiger partial charge in [-0.1, -0.05) is 66.7 Å². The molecule has 12 heteroatoms. The van der Waals surface area contributed by atoms with Crippen LogP contribution in [0.15, 0.2) is 120 Å². The van der Waals surface area contributed by atoms with Gasteiger partial charge in [-0.3, -0.25) is 4.79 Å². The van der Waals surface area contributed by atoms with Crippen molar-refractivity contribution in [1.29, 1.82) is 15.8 Å².